The minimum Gasteiger partial charge on any atom is -0.505 e. The SMILES string of the molecule is Nc1ccc(Br)c([C@H](N)C(F)F)c1O. The maximum absolute atomic E-state index is 12.3. The molecule has 0 bridgehead atoms. The Labute approximate surface area is 87.8 Å². The van der Waals surface area contributed by atoms with Crippen molar-refractivity contribution in [1.29, 1.82) is 0 Å². The van der Waals surface area contributed by atoms with Crippen molar-refractivity contribution in [2.45, 2.75) is 12.5 Å². The highest BCUT2D eigenvalue weighted by atomic mass is 79.9. The highest BCUT2D eigenvalue weighted by molar-refractivity contribution is 9.10. The van der Waals surface area contributed by atoms with Crippen LogP contribution in [-0.4, -0.2) is 11.5 Å². The van der Waals surface area contributed by atoms with Gasteiger partial charge in [0.2, 0.25) is 0 Å². The van der Waals surface area contributed by atoms with Crippen LogP contribution in [-0.2, 0) is 0 Å². The molecule has 0 heterocycles. The molecule has 6 heteroatoms. The van der Waals surface area contributed by atoms with Gasteiger partial charge in [0.05, 0.1) is 11.7 Å². The van der Waals surface area contributed by atoms with Gasteiger partial charge in [0.1, 0.15) is 5.75 Å². The minimum atomic E-state index is -2.75. The molecular weight excluding hydrogens is 258 g/mol. The van der Waals surface area contributed by atoms with E-state index in [0.717, 1.165) is 0 Å². The molecule has 3 nitrogen and oxygen atoms in total. The molecule has 0 fully saturated rings. The lowest BCUT2D eigenvalue weighted by atomic mass is 10.1. The first kappa shape index (κ1) is 11.2. The fourth-order valence-corrected chi connectivity index (χ4v) is 1.63. The summed E-state index contributed by atoms with van der Waals surface area (Å²) in [6, 6.07) is 1.32. The topological polar surface area (TPSA) is 72.3 Å². The Morgan fingerprint density at radius 1 is 1.36 bits per heavy atom. The second kappa shape index (κ2) is 4.10. The van der Waals surface area contributed by atoms with E-state index in [9.17, 15) is 13.9 Å². The number of nitrogens with two attached hydrogens (primary N) is 2. The smallest absolute Gasteiger partial charge is 0.257 e. The Bertz CT molecular complexity index is 346. The summed E-state index contributed by atoms with van der Waals surface area (Å²) in [5.74, 6) is -0.396. The van der Waals surface area contributed by atoms with Crippen molar-refractivity contribution in [2.24, 2.45) is 5.73 Å². The van der Waals surface area contributed by atoms with Gasteiger partial charge in [-0.25, -0.2) is 8.78 Å². The molecule has 1 aromatic rings. The van der Waals surface area contributed by atoms with Gasteiger partial charge in [0, 0.05) is 10.0 Å². The second-order valence-corrected chi connectivity index (χ2v) is 3.61. The predicted octanol–water partition coefficient (Wildman–Crippen LogP) is 2.00. The fourth-order valence-electron chi connectivity index (χ4n) is 1.04. The van der Waals surface area contributed by atoms with E-state index in [-0.39, 0.29) is 11.3 Å². The molecule has 0 radical (unpaired) electrons. The van der Waals surface area contributed by atoms with Crippen LogP contribution in [0, 0.1) is 0 Å². The zero-order valence-corrected chi connectivity index (χ0v) is 8.63. The van der Waals surface area contributed by atoms with Crippen molar-refractivity contribution in [3.8, 4) is 5.75 Å². The van der Waals surface area contributed by atoms with Crippen molar-refractivity contribution in [2.75, 3.05) is 5.73 Å². The van der Waals surface area contributed by atoms with Crippen molar-refractivity contribution in [1.82, 2.24) is 0 Å². The van der Waals surface area contributed by atoms with E-state index in [2.05, 4.69) is 15.9 Å². The molecule has 0 aliphatic carbocycles. The summed E-state index contributed by atoms with van der Waals surface area (Å²) < 4.78 is 24.9. The van der Waals surface area contributed by atoms with Gasteiger partial charge in [-0.3, -0.25) is 0 Å². The molecule has 0 saturated carbocycles. The van der Waals surface area contributed by atoms with Crippen molar-refractivity contribution < 1.29 is 13.9 Å². The number of aromatic hydroxyl groups is 1. The molecule has 1 aromatic carbocycles. The average molecular weight is 267 g/mol. The van der Waals surface area contributed by atoms with Gasteiger partial charge < -0.3 is 16.6 Å². The molecule has 78 valence electrons. The number of hydrogen-bond acceptors (Lipinski definition) is 3. The highest BCUT2D eigenvalue weighted by Crippen LogP contribution is 2.37. The first-order chi connectivity index (χ1) is 6.45. The van der Waals surface area contributed by atoms with E-state index in [1.807, 2.05) is 0 Å². The normalized spacial score (nSPS) is 13.2. The zero-order chi connectivity index (χ0) is 10.9. The van der Waals surface area contributed by atoms with E-state index >= 15 is 0 Å². The molecule has 1 atom stereocenters. The molecule has 5 N–H and O–H groups in total. The van der Waals surface area contributed by atoms with Gasteiger partial charge in [-0.05, 0) is 12.1 Å². The van der Waals surface area contributed by atoms with Crippen molar-refractivity contribution in [3.05, 3.63) is 22.2 Å². The Morgan fingerprint density at radius 3 is 2.43 bits per heavy atom. The van der Waals surface area contributed by atoms with Gasteiger partial charge in [0.15, 0.2) is 0 Å². The number of nitrogen functional groups attached to an aromatic ring is 1. The third-order valence-corrected chi connectivity index (χ3v) is 2.49. The standard InChI is InChI=1S/C8H9BrF2N2O/c9-3-1-2-4(12)7(14)5(3)6(13)8(10)11/h1-2,6,8,14H,12-13H2/t6-/m0/s1. The second-order valence-electron chi connectivity index (χ2n) is 2.76. The predicted molar refractivity (Wildman–Crippen MR) is 53.2 cm³/mol. The maximum atomic E-state index is 12.3. The summed E-state index contributed by atoms with van der Waals surface area (Å²) in [6.45, 7) is 0. The quantitative estimate of drug-likeness (QED) is 0.566. The number of alkyl halides is 2. The third kappa shape index (κ3) is 1.96. The van der Waals surface area contributed by atoms with Gasteiger partial charge in [-0.15, -0.1) is 0 Å². The zero-order valence-electron chi connectivity index (χ0n) is 7.05. The van der Waals surface area contributed by atoms with Crippen LogP contribution >= 0.6 is 15.9 Å². The van der Waals surface area contributed by atoms with Crippen LogP contribution in [0.15, 0.2) is 16.6 Å². The molecule has 0 aromatic heterocycles. The number of anilines is 1. The Hall–Kier alpha value is -0.880. The van der Waals surface area contributed by atoms with E-state index in [4.69, 9.17) is 11.5 Å². The molecule has 0 unspecified atom stereocenters. The Balaban J connectivity index is 3.25. The lowest BCUT2D eigenvalue weighted by Crippen LogP contribution is -2.19. The summed E-state index contributed by atoms with van der Waals surface area (Å²) in [7, 11) is 0. The molecule has 0 spiro atoms. The molecule has 0 saturated heterocycles. The molecule has 14 heavy (non-hydrogen) atoms. The lowest BCUT2D eigenvalue weighted by molar-refractivity contribution is 0.115. The minimum absolute atomic E-state index is 0.0271. The largest absolute Gasteiger partial charge is 0.505 e. The molecule has 1 rings (SSSR count). The third-order valence-electron chi connectivity index (χ3n) is 1.80. The average Bonchev–Trinajstić information content (AvgIpc) is 2.12. The van der Waals surface area contributed by atoms with Crippen LogP contribution in [0.5, 0.6) is 5.75 Å². The summed E-state index contributed by atoms with van der Waals surface area (Å²) in [5.41, 5.74) is 10.5. The number of hydrogen-bond donors (Lipinski definition) is 3. The van der Waals surface area contributed by atoms with E-state index < -0.39 is 18.2 Å². The number of halogens is 3. The summed E-state index contributed by atoms with van der Waals surface area (Å²) in [6.07, 6.45) is -2.75. The van der Waals surface area contributed by atoms with Crippen LogP contribution in [0.2, 0.25) is 0 Å². The Kier molecular flexibility index (Phi) is 3.28. The first-order valence-electron chi connectivity index (χ1n) is 3.75. The van der Waals surface area contributed by atoms with Crippen molar-refractivity contribution in [3.63, 3.8) is 0 Å². The lowest BCUT2D eigenvalue weighted by Gasteiger charge is -2.15. The van der Waals surface area contributed by atoms with Gasteiger partial charge in [-0.1, -0.05) is 15.9 Å². The van der Waals surface area contributed by atoms with Crippen LogP contribution in [0.3, 0.4) is 0 Å². The number of benzene rings is 1. The molecular formula is C8H9BrF2N2O. The van der Waals surface area contributed by atoms with E-state index in [1.54, 1.807) is 0 Å². The summed E-state index contributed by atoms with van der Waals surface area (Å²) in [4.78, 5) is 0. The Morgan fingerprint density at radius 2 is 1.93 bits per heavy atom. The van der Waals surface area contributed by atoms with Gasteiger partial charge >= 0.3 is 0 Å². The van der Waals surface area contributed by atoms with Crippen molar-refractivity contribution >= 4 is 21.6 Å². The van der Waals surface area contributed by atoms with Gasteiger partial charge in [-0.2, -0.15) is 0 Å². The van der Waals surface area contributed by atoms with Gasteiger partial charge in [0.25, 0.3) is 6.43 Å². The fraction of sp³-hybridized carbons (Fsp3) is 0.250. The first-order valence-corrected chi connectivity index (χ1v) is 4.55. The van der Waals surface area contributed by atoms with E-state index in [0.29, 0.717) is 4.47 Å². The molecule has 0 amide bonds. The summed E-state index contributed by atoms with van der Waals surface area (Å²) >= 11 is 3.02. The van der Waals surface area contributed by atoms with Crippen LogP contribution < -0.4 is 11.5 Å². The summed E-state index contributed by atoms with van der Waals surface area (Å²) in [5, 5.41) is 9.43. The van der Waals surface area contributed by atoms with E-state index in [1.165, 1.54) is 12.1 Å². The maximum Gasteiger partial charge on any atom is 0.257 e. The number of rotatable bonds is 2. The molecule has 0 aliphatic rings. The number of phenolic OH excluding ortho intramolecular Hbond substituents is 1. The monoisotopic (exact) mass is 266 g/mol. The van der Waals surface area contributed by atoms with Crippen LogP contribution in [0.1, 0.15) is 11.6 Å². The van der Waals surface area contributed by atoms with Crippen LogP contribution in [0.4, 0.5) is 14.5 Å². The van der Waals surface area contributed by atoms with Crippen LogP contribution in [0.25, 0.3) is 0 Å². The molecule has 0 aliphatic heterocycles. The number of phenols is 1. The highest BCUT2D eigenvalue weighted by Gasteiger charge is 2.24.